The molecule has 0 spiro atoms. The number of para-hydroxylation sites is 1. The lowest BCUT2D eigenvalue weighted by molar-refractivity contribution is 0.456. The van der Waals surface area contributed by atoms with E-state index < -0.39 is 0 Å². The lowest BCUT2D eigenvalue weighted by Crippen LogP contribution is -2.05. The molecule has 1 heterocycles. The highest BCUT2D eigenvalue weighted by Crippen LogP contribution is 2.24. The summed E-state index contributed by atoms with van der Waals surface area (Å²) >= 11 is 0. The fourth-order valence-electron chi connectivity index (χ4n) is 1.81. The van der Waals surface area contributed by atoms with Gasteiger partial charge >= 0.3 is 0 Å². The third-order valence-corrected chi connectivity index (χ3v) is 2.93. The molecule has 0 unspecified atom stereocenters. The Morgan fingerprint density at radius 1 is 1.15 bits per heavy atom. The number of hydrogen-bond acceptors (Lipinski definition) is 4. The van der Waals surface area contributed by atoms with Crippen LogP contribution < -0.4 is 10.1 Å². The van der Waals surface area contributed by atoms with Crippen molar-refractivity contribution in [1.29, 1.82) is 0 Å². The minimum atomic E-state index is 0.588. The van der Waals surface area contributed by atoms with E-state index in [4.69, 9.17) is 4.74 Å². The SMILES string of the molecule is CCCNc1cc(Oc2ccccc2C)nc(CC)n1. The van der Waals surface area contributed by atoms with Gasteiger partial charge < -0.3 is 10.1 Å². The largest absolute Gasteiger partial charge is 0.439 e. The molecular weight excluding hydrogens is 250 g/mol. The Hall–Kier alpha value is -2.10. The Morgan fingerprint density at radius 3 is 2.65 bits per heavy atom. The maximum atomic E-state index is 5.88. The first-order valence-corrected chi connectivity index (χ1v) is 7.08. The first kappa shape index (κ1) is 14.3. The summed E-state index contributed by atoms with van der Waals surface area (Å²) in [6.07, 6.45) is 1.84. The molecule has 0 atom stereocenters. The summed E-state index contributed by atoms with van der Waals surface area (Å²) in [4.78, 5) is 8.87. The molecule has 4 nitrogen and oxygen atoms in total. The zero-order chi connectivity index (χ0) is 14.4. The van der Waals surface area contributed by atoms with E-state index in [1.807, 2.05) is 44.2 Å². The second kappa shape index (κ2) is 6.89. The molecule has 20 heavy (non-hydrogen) atoms. The molecule has 0 aliphatic carbocycles. The first-order valence-electron chi connectivity index (χ1n) is 7.08. The number of aryl methyl sites for hydroxylation is 2. The summed E-state index contributed by atoms with van der Waals surface area (Å²) < 4.78 is 5.88. The molecule has 0 saturated carbocycles. The predicted octanol–water partition coefficient (Wildman–Crippen LogP) is 3.96. The summed E-state index contributed by atoms with van der Waals surface area (Å²) in [5.41, 5.74) is 1.09. The van der Waals surface area contributed by atoms with Gasteiger partial charge in [-0.25, -0.2) is 4.98 Å². The summed E-state index contributed by atoms with van der Waals surface area (Å²) in [6.45, 7) is 7.08. The zero-order valence-corrected chi connectivity index (χ0v) is 12.3. The Balaban J connectivity index is 2.24. The summed E-state index contributed by atoms with van der Waals surface area (Å²) in [7, 11) is 0. The minimum Gasteiger partial charge on any atom is -0.439 e. The highest BCUT2D eigenvalue weighted by molar-refractivity contribution is 5.41. The second-order valence-electron chi connectivity index (χ2n) is 4.66. The van der Waals surface area contributed by atoms with Crippen LogP contribution in [-0.4, -0.2) is 16.5 Å². The van der Waals surface area contributed by atoms with E-state index in [0.717, 1.165) is 42.3 Å². The van der Waals surface area contributed by atoms with Crippen molar-refractivity contribution in [2.24, 2.45) is 0 Å². The Bertz CT molecular complexity index is 569. The fraction of sp³-hybridized carbons (Fsp3) is 0.375. The number of benzene rings is 1. The van der Waals surface area contributed by atoms with Gasteiger partial charge in [-0.2, -0.15) is 4.98 Å². The molecule has 106 valence electrons. The first-order chi connectivity index (χ1) is 9.72. The van der Waals surface area contributed by atoms with E-state index >= 15 is 0 Å². The zero-order valence-electron chi connectivity index (χ0n) is 12.3. The molecule has 0 aliphatic heterocycles. The van der Waals surface area contributed by atoms with Gasteiger partial charge in [0.15, 0.2) is 0 Å². The standard InChI is InChI=1S/C16H21N3O/c1-4-10-17-15-11-16(19-14(5-2)18-15)20-13-9-7-6-8-12(13)3/h6-9,11H,4-5,10H2,1-3H3,(H,17,18,19). The summed E-state index contributed by atoms with van der Waals surface area (Å²) in [5.74, 6) is 3.02. The fourth-order valence-corrected chi connectivity index (χ4v) is 1.81. The Labute approximate surface area is 120 Å². The monoisotopic (exact) mass is 271 g/mol. The molecule has 0 saturated heterocycles. The van der Waals surface area contributed by atoms with Gasteiger partial charge in [-0.1, -0.05) is 32.0 Å². The third kappa shape index (κ3) is 3.70. The van der Waals surface area contributed by atoms with Crippen LogP contribution in [-0.2, 0) is 6.42 Å². The summed E-state index contributed by atoms with van der Waals surface area (Å²) in [5, 5.41) is 3.28. The Kier molecular flexibility index (Phi) is 4.93. The van der Waals surface area contributed by atoms with Crippen LogP contribution in [0.1, 0.15) is 31.7 Å². The van der Waals surface area contributed by atoms with Crippen LogP contribution in [0.4, 0.5) is 5.82 Å². The smallest absolute Gasteiger partial charge is 0.224 e. The van der Waals surface area contributed by atoms with Gasteiger partial charge in [-0.05, 0) is 25.0 Å². The van der Waals surface area contributed by atoms with Crippen LogP contribution in [0.3, 0.4) is 0 Å². The normalized spacial score (nSPS) is 10.3. The number of nitrogens with zero attached hydrogens (tertiary/aromatic N) is 2. The van der Waals surface area contributed by atoms with Gasteiger partial charge in [-0.3, -0.25) is 0 Å². The van der Waals surface area contributed by atoms with Crippen molar-refractivity contribution >= 4 is 5.82 Å². The molecule has 1 aromatic carbocycles. The van der Waals surface area contributed by atoms with E-state index in [1.165, 1.54) is 0 Å². The van der Waals surface area contributed by atoms with E-state index in [-0.39, 0.29) is 0 Å². The van der Waals surface area contributed by atoms with Crippen molar-refractivity contribution in [2.75, 3.05) is 11.9 Å². The van der Waals surface area contributed by atoms with Crippen molar-refractivity contribution in [3.63, 3.8) is 0 Å². The van der Waals surface area contributed by atoms with Crippen molar-refractivity contribution in [3.05, 3.63) is 41.7 Å². The molecule has 2 aromatic rings. The van der Waals surface area contributed by atoms with E-state index in [1.54, 1.807) is 0 Å². The van der Waals surface area contributed by atoms with Crippen LogP contribution >= 0.6 is 0 Å². The van der Waals surface area contributed by atoms with Crippen molar-refractivity contribution in [1.82, 2.24) is 9.97 Å². The molecule has 0 radical (unpaired) electrons. The lowest BCUT2D eigenvalue weighted by Gasteiger charge is -2.11. The van der Waals surface area contributed by atoms with Gasteiger partial charge in [-0.15, -0.1) is 0 Å². The van der Waals surface area contributed by atoms with Gasteiger partial charge in [0, 0.05) is 19.0 Å². The number of ether oxygens (including phenoxy) is 1. The maximum absolute atomic E-state index is 5.88. The molecule has 2 rings (SSSR count). The molecule has 1 aromatic heterocycles. The maximum Gasteiger partial charge on any atom is 0.224 e. The van der Waals surface area contributed by atoms with Gasteiger partial charge in [0.2, 0.25) is 5.88 Å². The average Bonchev–Trinajstić information content (AvgIpc) is 2.47. The highest BCUT2D eigenvalue weighted by Gasteiger charge is 2.06. The molecule has 1 N–H and O–H groups in total. The van der Waals surface area contributed by atoms with Crippen LogP contribution in [0, 0.1) is 6.92 Å². The van der Waals surface area contributed by atoms with Gasteiger partial charge in [0.05, 0.1) is 0 Å². The number of hydrogen-bond donors (Lipinski definition) is 1. The molecule has 4 heteroatoms. The second-order valence-corrected chi connectivity index (χ2v) is 4.66. The van der Waals surface area contributed by atoms with Gasteiger partial charge in [0.25, 0.3) is 0 Å². The average molecular weight is 271 g/mol. The predicted molar refractivity (Wildman–Crippen MR) is 81.4 cm³/mol. The number of aromatic nitrogens is 2. The van der Waals surface area contributed by atoms with Crippen molar-refractivity contribution in [3.8, 4) is 11.6 Å². The molecule has 0 fully saturated rings. The van der Waals surface area contributed by atoms with Crippen molar-refractivity contribution in [2.45, 2.75) is 33.6 Å². The number of nitrogens with one attached hydrogen (secondary N) is 1. The minimum absolute atomic E-state index is 0.588. The van der Waals surface area contributed by atoms with Crippen LogP contribution in [0.15, 0.2) is 30.3 Å². The van der Waals surface area contributed by atoms with Crippen LogP contribution in [0.2, 0.25) is 0 Å². The summed E-state index contributed by atoms with van der Waals surface area (Å²) in [6, 6.07) is 9.77. The Morgan fingerprint density at radius 2 is 1.95 bits per heavy atom. The topological polar surface area (TPSA) is 47.0 Å². The van der Waals surface area contributed by atoms with Crippen molar-refractivity contribution < 1.29 is 4.74 Å². The molecule has 0 bridgehead atoms. The molecular formula is C16H21N3O. The molecule has 0 aliphatic rings. The van der Waals surface area contributed by atoms with E-state index in [2.05, 4.69) is 22.2 Å². The van der Waals surface area contributed by atoms with Crippen LogP contribution in [0.5, 0.6) is 11.6 Å². The number of rotatable bonds is 6. The highest BCUT2D eigenvalue weighted by atomic mass is 16.5. The molecule has 0 amide bonds. The van der Waals surface area contributed by atoms with Crippen LogP contribution in [0.25, 0.3) is 0 Å². The van der Waals surface area contributed by atoms with E-state index in [0.29, 0.717) is 5.88 Å². The lowest BCUT2D eigenvalue weighted by atomic mass is 10.2. The van der Waals surface area contributed by atoms with E-state index in [9.17, 15) is 0 Å². The van der Waals surface area contributed by atoms with Gasteiger partial charge in [0.1, 0.15) is 17.4 Å². The quantitative estimate of drug-likeness (QED) is 0.863. The number of anilines is 1. The third-order valence-electron chi connectivity index (χ3n) is 2.93.